The van der Waals surface area contributed by atoms with Gasteiger partial charge in [-0.2, -0.15) is 0 Å². The number of fused-ring (bicyclic) bond motifs is 1. The molecule has 20 heavy (non-hydrogen) atoms. The van der Waals surface area contributed by atoms with Crippen LogP contribution in [0.3, 0.4) is 0 Å². The van der Waals surface area contributed by atoms with Gasteiger partial charge in [0.15, 0.2) is 5.16 Å². The molecule has 1 N–H and O–H groups in total. The van der Waals surface area contributed by atoms with Crippen LogP contribution in [0.15, 0.2) is 27.8 Å². The first-order valence-corrected chi connectivity index (χ1v) is 8.25. The van der Waals surface area contributed by atoms with Crippen molar-refractivity contribution < 1.29 is 9.90 Å². The summed E-state index contributed by atoms with van der Waals surface area (Å²) >= 11 is 4.78. The summed E-state index contributed by atoms with van der Waals surface area (Å²) in [6, 6.07) is 5.99. The number of aliphatic carboxylic acids is 1. The zero-order chi connectivity index (χ0) is 14.3. The largest absolute Gasteiger partial charge is 0.481 e. The van der Waals surface area contributed by atoms with E-state index in [1.807, 2.05) is 12.1 Å². The summed E-state index contributed by atoms with van der Waals surface area (Å²) in [7, 11) is 0. The molecule has 1 aliphatic rings. The molecule has 6 heteroatoms. The smallest absolute Gasteiger partial charge is 0.313 e. The van der Waals surface area contributed by atoms with Gasteiger partial charge in [0.05, 0.1) is 16.8 Å². The van der Waals surface area contributed by atoms with Crippen LogP contribution >= 0.6 is 27.7 Å². The molecule has 4 nitrogen and oxygen atoms in total. The fourth-order valence-electron chi connectivity index (χ4n) is 2.22. The maximum Gasteiger partial charge on any atom is 0.313 e. The van der Waals surface area contributed by atoms with E-state index in [2.05, 4.69) is 38.5 Å². The number of rotatable bonds is 5. The highest BCUT2D eigenvalue weighted by Crippen LogP contribution is 2.47. The molecule has 0 atom stereocenters. The van der Waals surface area contributed by atoms with Crippen molar-refractivity contribution in [2.75, 3.05) is 5.75 Å². The quantitative estimate of drug-likeness (QED) is 0.830. The third kappa shape index (κ3) is 2.86. The van der Waals surface area contributed by atoms with Crippen molar-refractivity contribution in [1.29, 1.82) is 0 Å². The van der Waals surface area contributed by atoms with Gasteiger partial charge in [0.1, 0.15) is 0 Å². The second-order valence-electron chi connectivity index (χ2n) is 5.61. The average Bonchev–Trinajstić information content (AvgIpc) is 3.02. The SMILES string of the molecule is CC1(Cn2c(SCC(=O)O)nc3ccc(Br)cc32)CC1. The van der Waals surface area contributed by atoms with Crippen LogP contribution in [0.1, 0.15) is 19.8 Å². The van der Waals surface area contributed by atoms with Crippen LogP contribution in [-0.2, 0) is 11.3 Å². The predicted molar refractivity (Wildman–Crippen MR) is 83.1 cm³/mol. The Balaban J connectivity index is 2.02. The van der Waals surface area contributed by atoms with E-state index in [0.29, 0.717) is 5.41 Å². The Bertz CT molecular complexity index is 679. The molecule has 2 aromatic rings. The third-order valence-corrected chi connectivity index (χ3v) is 5.10. The van der Waals surface area contributed by atoms with Gasteiger partial charge in [0, 0.05) is 11.0 Å². The molecule has 1 aromatic carbocycles. The van der Waals surface area contributed by atoms with E-state index in [1.165, 1.54) is 24.6 Å². The molecule has 0 unspecified atom stereocenters. The number of carboxylic acid groups (broad SMARTS) is 1. The zero-order valence-electron chi connectivity index (χ0n) is 11.1. The van der Waals surface area contributed by atoms with Gasteiger partial charge >= 0.3 is 5.97 Å². The Hall–Kier alpha value is -1.01. The van der Waals surface area contributed by atoms with Crippen molar-refractivity contribution in [1.82, 2.24) is 9.55 Å². The molecule has 1 heterocycles. The lowest BCUT2D eigenvalue weighted by Crippen LogP contribution is -2.10. The highest BCUT2D eigenvalue weighted by atomic mass is 79.9. The van der Waals surface area contributed by atoms with Gasteiger partial charge in [-0.15, -0.1) is 0 Å². The number of carboxylic acids is 1. The van der Waals surface area contributed by atoms with Crippen LogP contribution in [0.2, 0.25) is 0 Å². The zero-order valence-corrected chi connectivity index (χ0v) is 13.5. The molecule has 0 radical (unpaired) electrons. The Morgan fingerprint density at radius 2 is 2.30 bits per heavy atom. The van der Waals surface area contributed by atoms with E-state index in [0.717, 1.165) is 27.2 Å². The summed E-state index contributed by atoms with van der Waals surface area (Å²) in [6.45, 7) is 3.17. The van der Waals surface area contributed by atoms with Crippen LogP contribution < -0.4 is 0 Å². The molecule has 0 spiro atoms. The van der Waals surface area contributed by atoms with Crippen molar-refractivity contribution in [3.8, 4) is 0 Å². The van der Waals surface area contributed by atoms with Gasteiger partial charge in [-0.05, 0) is 36.5 Å². The van der Waals surface area contributed by atoms with E-state index >= 15 is 0 Å². The van der Waals surface area contributed by atoms with E-state index < -0.39 is 5.97 Å². The minimum Gasteiger partial charge on any atom is -0.481 e. The first-order chi connectivity index (χ1) is 9.47. The van der Waals surface area contributed by atoms with Crippen molar-refractivity contribution in [2.45, 2.75) is 31.5 Å². The Kier molecular flexibility index (Phi) is 3.54. The van der Waals surface area contributed by atoms with Gasteiger partial charge in [-0.1, -0.05) is 34.6 Å². The molecule has 0 aliphatic heterocycles. The lowest BCUT2D eigenvalue weighted by Gasteiger charge is -2.13. The summed E-state index contributed by atoms with van der Waals surface area (Å²) in [6.07, 6.45) is 2.45. The number of halogens is 1. The van der Waals surface area contributed by atoms with E-state index in [1.54, 1.807) is 0 Å². The minimum atomic E-state index is -0.813. The summed E-state index contributed by atoms with van der Waals surface area (Å²) in [5, 5.41) is 9.66. The highest BCUT2D eigenvalue weighted by molar-refractivity contribution is 9.10. The average molecular weight is 355 g/mol. The lowest BCUT2D eigenvalue weighted by molar-refractivity contribution is -0.133. The van der Waals surface area contributed by atoms with Crippen LogP contribution in [-0.4, -0.2) is 26.4 Å². The molecule has 0 bridgehead atoms. The van der Waals surface area contributed by atoms with Crippen molar-refractivity contribution >= 4 is 44.7 Å². The summed E-state index contributed by atoms with van der Waals surface area (Å²) in [5.41, 5.74) is 2.33. The van der Waals surface area contributed by atoms with Crippen LogP contribution in [0.4, 0.5) is 0 Å². The molecule has 0 amide bonds. The van der Waals surface area contributed by atoms with Gasteiger partial charge in [0.25, 0.3) is 0 Å². The van der Waals surface area contributed by atoms with Crippen LogP contribution in [0.5, 0.6) is 0 Å². The summed E-state index contributed by atoms with van der Waals surface area (Å²) < 4.78 is 3.18. The van der Waals surface area contributed by atoms with Gasteiger partial charge in [-0.25, -0.2) is 4.98 Å². The molecular formula is C14H15BrN2O2S. The highest BCUT2D eigenvalue weighted by Gasteiger charge is 2.38. The predicted octanol–water partition coefficient (Wildman–Crippen LogP) is 3.78. The number of aromatic nitrogens is 2. The van der Waals surface area contributed by atoms with E-state index in [-0.39, 0.29) is 5.75 Å². The van der Waals surface area contributed by atoms with Gasteiger partial charge in [-0.3, -0.25) is 4.79 Å². The molecular weight excluding hydrogens is 340 g/mol. The van der Waals surface area contributed by atoms with Crippen LogP contribution in [0.25, 0.3) is 11.0 Å². The summed E-state index contributed by atoms with van der Waals surface area (Å²) in [5.74, 6) is -0.770. The number of carbonyl (C=O) groups is 1. The molecule has 106 valence electrons. The van der Waals surface area contributed by atoms with Gasteiger partial charge in [0.2, 0.25) is 0 Å². The lowest BCUT2D eigenvalue weighted by atomic mass is 10.1. The number of imidazole rings is 1. The maximum atomic E-state index is 10.8. The maximum absolute atomic E-state index is 10.8. The number of hydrogen-bond acceptors (Lipinski definition) is 3. The minimum absolute atomic E-state index is 0.0429. The number of thioether (sulfide) groups is 1. The topological polar surface area (TPSA) is 55.1 Å². The second-order valence-corrected chi connectivity index (χ2v) is 7.46. The van der Waals surface area contributed by atoms with Crippen molar-refractivity contribution in [3.05, 3.63) is 22.7 Å². The molecule has 0 saturated heterocycles. The van der Waals surface area contributed by atoms with Crippen molar-refractivity contribution in [3.63, 3.8) is 0 Å². The standard InChI is InChI=1S/C14H15BrN2O2S/c1-14(4-5-14)8-17-11-6-9(15)2-3-10(11)16-13(17)20-7-12(18)19/h2-3,6H,4-5,7-8H2,1H3,(H,18,19). The van der Waals surface area contributed by atoms with Crippen molar-refractivity contribution in [2.24, 2.45) is 5.41 Å². The normalized spacial score (nSPS) is 16.5. The molecule has 3 rings (SSSR count). The second kappa shape index (κ2) is 5.07. The van der Waals surface area contributed by atoms with Gasteiger partial charge < -0.3 is 9.67 Å². The third-order valence-electron chi connectivity index (χ3n) is 3.64. The summed E-state index contributed by atoms with van der Waals surface area (Å²) in [4.78, 5) is 15.4. The fourth-order valence-corrected chi connectivity index (χ4v) is 3.30. The first-order valence-electron chi connectivity index (χ1n) is 6.47. The molecule has 1 aliphatic carbocycles. The Morgan fingerprint density at radius 3 is 2.95 bits per heavy atom. The van der Waals surface area contributed by atoms with Crippen LogP contribution in [0, 0.1) is 5.41 Å². The molecule has 1 aromatic heterocycles. The number of benzene rings is 1. The van der Waals surface area contributed by atoms with E-state index in [4.69, 9.17) is 5.11 Å². The molecule has 1 saturated carbocycles. The number of nitrogens with zero attached hydrogens (tertiary/aromatic N) is 2. The monoisotopic (exact) mass is 354 g/mol. The first kappa shape index (κ1) is 13.9. The Labute approximate surface area is 129 Å². The van der Waals surface area contributed by atoms with E-state index in [9.17, 15) is 4.79 Å². The molecule has 1 fully saturated rings. The fraction of sp³-hybridized carbons (Fsp3) is 0.429. The Morgan fingerprint density at radius 1 is 1.55 bits per heavy atom. The number of hydrogen-bond donors (Lipinski definition) is 1.